The molecule has 0 aliphatic carbocycles. The quantitative estimate of drug-likeness (QED) is 0.104. The molecular formula is C30H58N2O5S. The summed E-state index contributed by atoms with van der Waals surface area (Å²) < 4.78 is 10.9. The molecule has 0 rings (SSSR count). The third kappa shape index (κ3) is 24.9. The van der Waals surface area contributed by atoms with Gasteiger partial charge in [-0.2, -0.15) is 11.8 Å². The number of thioether (sulfide) groups is 1. The van der Waals surface area contributed by atoms with Crippen LogP contribution in [0, 0.1) is 5.92 Å². The maximum atomic E-state index is 12.3. The van der Waals surface area contributed by atoms with Crippen LogP contribution in [-0.4, -0.2) is 55.3 Å². The Balaban J connectivity index is 4.20. The molecule has 2 N–H and O–H groups in total. The zero-order valence-electron chi connectivity index (χ0n) is 25.0. The van der Waals surface area contributed by atoms with Gasteiger partial charge >= 0.3 is 12.2 Å². The third-order valence-electron chi connectivity index (χ3n) is 6.64. The van der Waals surface area contributed by atoms with Crippen LogP contribution in [0.3, 0.4) is 0 Å². The van der Waals surface area contributed by atoms with Crippen LogP contribution in [0.25, 0.3) is 0 Å². The van der Waals surface area contributed by atoms with Gasteiger partial charge in [-0.3, -0.25) is 4.79 Å². The zero-order chi connectivity index (χ0) is 28.3. The number of Topliss-reactive ketones (excluding diaryl/α,β-unsaturated/α-hetero) is 1. The minimum Gasteiger partial charge on any atom is -0.446 e. The fourth-order valence-corrected chi connectivity index (χ4v) is 5.07. The normalized spacial score (nSPS) is 12.5. The highest BCUT2D eigenvalue weighted by atomic mass is 32.2. The van der Waals surface area contributed by atoms with E-state index >= 15 is 0 Å². The number of hydrogen-bond acceptors (Lipinski definition) is 6. The van der Waals surface area contributed by atoms with E-state index in [1.54, 1.807) is 6.92 Å². The maximum absolute atomic E-state index is 12.3. The van der Waals surface area contributed by atoms with E-state index in [4.69, 9.17) is 9.47 Å². The zero-order valence-corrected chi connectivity index (χ0v) is 25.8. The van der Waals surface area contributed by atoms with Gasteiger partial charge in [0.15, 0.2) is 0 Å². The SMILES string of the molecule is CCCCCCCCCCNC(=O)OC[C@H](CSC[C@H](C)C(C)=O)OC(=O)NCCCCCCCCCC. The van der Waals surface area contributed by atoms with E-state index in [0.29, 0.717) is 24.6 Å². The van der Waals surface area contributed by atoms with Crippen molar-refractivity contribution in [1.29, 1.82) is 0 Å². The van der Waals surface area contributed by atoms with Gasteiger partial charge in [0.25, 0.3) is 0 Å². The number of nitrogens with one attached hydrogen (secondary N) is 2. The lowest BCUT2D eigenvalue weighted by atomic mass is 10.1. The summed E-state index contributed by atoms with van der Waals surface area (Å²) in [5.41, 5.74) is 0. The van der Waals surface area contributed by atoms with Crippen molar-refractivity contribution in [3.05, 3.63) is 0 Å². The molecule has 0 heterocycles. The summed E-state index contributed by atoms with van der Waals surface area (Å²) >= 11 is 1.53. The number of rotatable bonds is 26. The molecule has 0 bridgehead atoms. The van der Waals surface area contributed by atoms with Gasteiger partial charge in [0, 0.05) is 30.5 Å². The molecule has 2 amide bonds. The van der Waals surface area contributed by atoms with Crippen LogP contribution in [0.1, 0.15) is 130 Å². The van der Waals surface area contributed by atoms with Gasteiger partial charge in [-0.15, -0.1) is 0 Å². The molecular weight excluding hydrogens is 500 g/mol. The second-order valence-electron chi connectivity index (χ2n) is 10.5. The molecule has 0 fully saturated rings. The first-order chi connectivity index (χ1) is 18.4. The number of hydrogen-bond donors (Lipinski definition) is 2. The van der Waals surface area contributed by atoms with E-state index in [-0.39, 0.29) is 18.3 Å². The summed E-state index contributed by atoms with van der Waals surface area (Å²) in [7, 11) is 0. The second-order valence-corrected chi connectivity index (χ2v) is 11.6. The molecule has 8 heteroatoms. The summed E-state index contributed by atoms with van der Waals surface area (Å²) in [6, 6.07) is 0. The Hall–Kier alpha value is -1.44. The predicted octanol–water partition coefficient (Wildman–Crippen LogP) is 8.05. The van der Waals surface area contributed by atoms with E-state index in [1.807, 2.05) is 6.92 Å². The van der Waals surface area contributed by atoms with E-state index in [2.05, 4.69) is 24.5 Å². The Kier molecular flexibility index (Phi) is 26.1. The average molecular weight is 559 g/mol. The Bertz CT molecular complexity index is 591. The van der Waals surface area contributed by atoms with Crippen molar-refractivity contribution in [1.82, 2.24) is 10.6 Å². The van der Waals surface area contributed by atoms with E-state index in [1.165, 1.54) is 88.8 Å². The lowest BCUT2D eigenvalue weighted by Gasteiger charge is -2.19. The molecule has 0 aliphatic heterocycles. The van der Waals surface area contributed by atoms with Gasteiger partial charge in [-0.05, 0) is 19.8 Å². The minimum atomic E-state index is -0.563. The third-order valence-corrected chi connectivity index (χ3v) is 7.98. The summed E-state index contributed by atoms with van der Waals surface area (Å²) in [5.74, 6) is 1.18. The molecule has 0 aromatic heterocycles. The number of amides is 2. The average Bonchev–Trinajstić information content (AvgIpc) is 2.89. The molecule has 2 atom stereocenters. The van der Waals surface area contributed by atoms with E-state index in [9.17, 15) is 14.4 Å². The Morgan fingerprint density at radius 2 is 1.11 bits per heavy atom. The van der Waals surface area contributed by atoms with Crippen LogP contribution in [0.2, 0.25) is 0 Å². The smallest absolute Gasteiger partial charge is 0.407 e. The highest BCUT2D eigenvalue weighted by Crippen LogP contribution is 2.13. The number of ether oxygens (including phenoxy) is 2. The van der Waals surface area contributed by atoms with Gasteiger partial charge in [0.2, 0.25) is 0 Å². The largest absolute Gasteiger partial charge is 0.446 e. The predicted molar refractivity (Wildman–Crippen MR) is 160 cm³/mol. The van der Waals surface area contributed by atoms with Gasteiger partial charge in [0.1, 0.15) is 18.5 Å². The molecule has 0 saturated heterocycles. The number of carbonyl (C=O) groups is 3. The topological polar surface area (TPSA) is 93.7 Å². The first kappa shape index (κ1) is 36.6. The fourth-order valence-electron chi connectivity index (χ4n) is 3.92. The van der Waals surface area contributed by atoms with Crippen molar-refractivity contribution in [3.8, 4) is 0 Å². The molecule has 0 aromatic carbocycles. The van der Waals surface area contributed by atoms with Gasteiger partial charge in [-0.25, -0.2) is 9.59 Å². The highest BCUT2D eigenvalue weighted by molar-refractivity contribution is 7.99. The van der Waals surface area contributed by atoms with E-state index < -0.39 is 18.3 Å². The van der Waals surface area contributed by atoms with Gasteiger partial charge < -0.3 is 20.1 Å². The summed E-state index contributed by atoms with van der Waals surface area (Å²) in [5, 5.41) is 5.61. The molecule has 0 aliphatic rings. The molecule has 7 nitrogen and oxygen atoms in total. The van der Waals surface area contributed by atoms with Crippen molar-refractivity contribution < 1.29 is 23.9 Å². The summed E-state index contributed by atoms with van der Waals surface area (Å²) in [4.78, 5) is 35.9. The van der Waals surface area contributed by atoms with Crippen molar-refractivity contribution in [2.75, 3.05) is 31.2 Å². The van der Waals surface area contributed by atoms with Gasteiger partial charge in [-0.1, -0.05) is 111 Å². The van der Waals surface area contributed by atoms with Crippen molar-refractivity contribution >= 4 is 29.7 Å². The van der Waals surface area contributed by atoms with E-state index in [0.717, 1.165) is 25.7 Å². The van der Waals surface area contributed by atoms with Crippen LogP contribution in [0.4, 0.5) is 9.59 Å². The number of unbranched alkanes of at least 4 members (excludes halogenated alkanes) is 14. The molecule has 0 radical (unpaired) electrons. The lowest BCUT2D eigenvalue weighted by molar-refractivity contribution is -0.119. The maximum Gasteiger partial charge on any atom is 0.407 e. The number of carbonyl (C=O) groups excluding carboxylic acids is 3. The molecule has 224 valence electrons. The molecule has 0 spiro atoms. The first-order valence-corrected chi connectivity index (χ1v) is 16.5. The second kappa shape index (κ2) is 27.1. The van der Waals surface area contributed by atoms with Gasteiger partial charge in [0.05, 0.1) is 0 Å². The Morgan fingerprint density at radius 1 is 0.658 bits per heavy atom. The summed E-state index contributed by atoms with van der Waals surface area (Å²) in [6.07, 6.45) is 17.8. The number of ketones is 1. The molecule has 0 unspecified atom stereocenters. The lowest BCUT2D eigenvalue weighted by Crippen LogP contribution is -2.35. The summed E-state index contributed by atoms with van der Waals surface area (Å²) in [6.45, 7) is 9.07. The van der Waals surface area contributed by atoms with Crippen molar-refractivity contribution in [3.63, 3.8) is 0 Å². The van der Waals surface area contributed by atoms with Crippen molar-refractivity contribution in [2.45, 2.75) is 137 Å². The van der Waals surface area contributed by atoms with Crippen molar-refractivity contribution in [2.24, 2.45) is 5.92 Å². The van der Waals surface area contributed by atoms with Crippen LogP contribution < -0.4 is 10.6 Å². The number of alkyl carbamates (subject to hydrolysis) is 2. The fraction of sp³-hybridized carbons (Fsp3) is 0.900. The van der Waals surface area contributed by atoms with Crippen LogP contribution in [0.5, 0.6) is 0 Å². The molecule has 0 saturated carbocycles. The highest BCUT2D eigenvalue weighted by Gasteiger charge is 2.18. The Labute approximate surface area is 237 Å². The van der Waals surface area contributed by atoms with Crippen LogP contribution >= 0.6 is 11.8 Å². The Morgan fingerprint density at radius 3 is 1.58 bits per heavy atom. The van der Waals surface area contributed by atoms with Crippen LogP contribution in [0.15, 0.2) is 0 Å². The van der Waals surface area contributed by atoms with Crippen LogP contribution in [-0.2, 0) is 14.3 Å². The minimum absolute atomic E-state index is 0.00407. The standard InChI is InChI=1S/C30H58N2O5S/c1-5-7-9-11-13-15-17-19-21-31-29(34)36-23-28(25-38-24-26(3)27(4)33)37-30(35)32-22-20-18-16-14-12-10-8-6-2/h26,28H,5-25H2,1-4H3,(H,31,34)(H,32,35)/t26-,28+/m0/s1. The monoisotopic (exact) mass is 558 g/mol. The molecule has 38 heavy (non-hydrogen) atoms. The first-order valence-electron chi connectivity index (χ1n) is 15.3. The molecule has 0 aromatic rings.